The van der Waals surface area contributed by atoms with Gasteiger partial charge in [-0.15, -0.1) is 11.3 Å². The number of fused-ring (bicyclic) bond motifs is 1. The maximum atomic E-state index is 13.6. The van der Waals surface area contributed by atoms with Crippen LogP contribution in [-0.2, 0) is 13.0 Å². The minimum absolute atomic E-state index is 0.127. The highest BCUT2D eigenvalue weighted by atomic mass is 79.9. The molecule has 1 heterocycles. The molecule has 2 aromatic rings. The van der Waals surface area contributed by atoms with Crippen LogP contribution in [0.3, 0.4) is 0 Å². The van der Waals surface area contributed by atoms with Crippen molar-refractivity contribution in [2.75, 3.05) is 0 Å². The lowest BCUT2D eigenvalue weighted by atomic mass is 9.94. The molecule has 4 heteroatoms. The van der Waals surface area contributed by atoms with Gasteiger partial charge >= 0.3 is 0 Å². The number of thiophene rings is 1. The summed E-state index contributed by atoms with van der Waals surface area (Å²) in [6.45, 7) is 0.588. The first-order valence-corrected chi connectivity index (χ1v) is 8.10. The first-order valence-electron chi connectivity index (χ1n) is 6.49. The van der Waals surface area contributed by atoms with E-state index in [-0.39, 0.29) is 5.82 Å². The molecule has 1 aliphatic rings. The maximum Gasteiger partial charge on any atom is 0.127 e. The van der Waals surface area contributed by atoms with Crippen molar-refractivity contribution in [3.05, 3.63) is 55.9 Å². The van der Waals surface area contributed by atoms with E-state index in [0.29, 0.717) is 12.6 Å². The highest BCUT2D eigenvalue weighted by molar-refractivity contribution is 9.11. The molecule has 0 amide bonds. The highest BCUT2D eigenvalue weighted by Crippen LogP contribution is 2.38. The van der Waals surface area contributed by atoms with Crippen molar-refractivity contribution in [2.45, 2.75) is 31.8 Å². The summed E-state index contributed by atoms with van der Waals surface area (Å²) < 4.78 is 14.8. The van der Waals surface area contributed by atoms with Crippen molar-refractivity contribution in [2.24, 2.45) is 0 Å². The van der Waals surface area contributed by atoms with Crippen LogP contribution in [0.1, 0.15) is 34.9 Å². The zero-order valence-corrected chi connectivity index (χ0v) is 12.9. The lowest BCUT2D eigenvalue weighted by molar-refractivity contribution is 0.456. The summed E-state index contributed by atoms with van der Waals surface area (Å²) in [6.07, 6.45) is 3.50. The smallest absolute Gasteiger partial charge is 0.127 e. The molecule has 1 nitrogen and oxygen atoms in total. The van der Waals surface area contributed by atoms with E-state index in [1.807, 2.05) is 23.5 Å². The first-order chi connectivity index (χ1) is 9.24. The Kier molecular flexibility index (Phi) is 4.01. The Morgan fingerprint density at radius 2 is 2.21 bits per heavy atom. The lowest BCUT2D eigenvalue weighted by Crippen LogP contribution is -2.24. The first kappa shape index (κ1) is 13.3. The van der Waals surface area contributed by atoms with E-state index in [0.717, 1.165) is 12.0 Å². The molecule has 0 saturated carbocycles. The quantitative estimate of drug-likeness (QED) is 0.845. The molecular weight excluding hydrogens is 325 g/mol. The van der Waals surface area contributed by atoms with Crippen LogP contribution in [0.4, 0.5) is 4.39 Å². The molecule has 0 bridgehead atoms. The summed E-state index contributed by atoms with van der Waals surface area (Å²) in [4.78, 5) is 1.46. The van der Waals surface area contributed by atoms with Crippen LogP contribution >= 0.6 is 27.3 Å². The molecule has 100 valence electrons. The van der Waals surface area contributed by atoms with E-state index in [1.165, 1.54) is 33.1 Å². The fourth-order valence-electron chi connectivity index (χ4n) is 2.61. The topological polar surface area (TPSA) is 12.0 Å². The number of aryl methyl sites for hydroxylation is 1. The molecule has 1 unspecified atom stereocenters. The molecule has 0 aliphatic heterocycles. The van der Waals surface area contributed by atoms with Gasteiger partial charge in [-0.1, -0.05) is 18.2 Å². The molecule has 0 saturated heterocycles. The van der Waals surface area contributed by atoms with E-state index >= 15 is 0 Å². The SMILES string of the molecule is Fc1ccccc1CNC1CCCc2sc(Br)cc21. The monoisotopic (exact) mass is 339 g/mol. The van der Waals surface area contributed by atoms with Crippen LogP contribution in [0.5, 0.6) is 0 Å². The molecule has 1 aromatic carbocycles. The van der Waals surface area contributed by atoms with Gasteiger partial charge in [-0.25, -0.2) is 4.39 Å². The van der Waals surface area contributed by atoms with Crippen molar-refractivity contribution in [3.63, 3.8) is 0 Å². The second-order valence-corrected chi connectivity index (χ2v) is 7.36. The van der Waals surface area contributed by atoms with Gasteiger partial charge in [-0.05, 0) is 52.9 Å². The summed E-state index contributed by atoms with van der Waals surface area (Å²) in [5.41, 5.74) is 2.13. The van der Waals surface area contributed by atoms with Gasteiger partial charge in [-0.3, -0.25) is 0 Å². The Bertz CT molecular complexity index is 581. The summed E-state index contributed by atoms with van der Waals surface area (Å²) in [7, 11) is 0. The number of halogens is 2. The third-order valence-electron chi connectivity index (χ3n) is 3.58. The normalized spacial score (nSPS) is 18.3. The Labute approximate surface area is 125 Å². The summed E-state index contributed by atoms with van der Waals surface area (Å²) in [5, 5.41) is 3.49. The van der Waals surface area contributed by atoms with E-state index in [1.54, 1.807) is 6.07 Å². The molecule has 0 fully saturated rings. The molecule has 1 aromatic heterocycles. The second-order valence-electron chi connectivity index (χ2n) is 4.85. The zero-order valence-electron chi connectivity index (χ0n) is 10.5. The molecule has 1 aliphatic carbocycles. The number of nitrogens with one attached hydrogen (secondary N) is 1. The molecule has 1 atom stereocenters. The van der Waals surface area contributed by atoms with Crippen LogP contribution < -0.4 is 5.32 Å². The fraction of sp³-hybridized carbons (Fsp3) is 0.333. The predicted octanol–water partition coefficient (Wildman–Crippen LogP) is 4.82. The van der Waals surface area contributed by atoms with E-state index in [4.69, 9.17) is 0 Å². The van der Waals surface area contributed by atoms with Crippen LogP contribution in [0.25, 0.3) is 0 Å². The standard InChI is InChI=1S/C15H15BrFNS/c16-15-8-11-13(6-3-7-14(11)19-15)18-9-10-4-1-2-5-12(10)17/h1-2,4-5,8,13,18H,3,6-7,9H2. The van der Waals surface area contributed by atoms with Crippen molar-refractivity contribution in [3.8, 4) is 0 Å². The second kappa shape index (κ2) is 5.73. The van der Waals surface area contributed by atoms with E-state index in [2.05, 4.69) is 27.3 Å². The van der Waals surface area contributed by atoms with Gasteiger partial charge in [0, 0.05) is 23.0 Å². The van der Waals surface area contributed by atoms with Gasteiger partial charge in [0.05, 0.1) is 3.79 Å². The van der Waals surface area contributed by atoms with Crippen molar-refractivity contribution in [1.29, 1.82) is 0 Å². The summed E-state index contributed by atoms with van der Waals surface area (Å²) in [6, 6.07) is 9.53. The highest BCUT2D eigenvalue weighted by Gasteiger charge is 2.22. The minimum atomic E-state index is -0.127. The summed E-state index contributed by atoms with van der Waals surface area (Å²) in [5.74, 6) is -0.127. The zero-order chi connectivity index (χ0) is 13.2. The average Bonchev–Trinajstić information content (AvgIpc) is 2.78. The molecule has 1 N–H and O–H groups in total. The van der Waals surface area contributed by atoms with Crippen LogP contribution in [0.15, 0.2) is 34.1 Å². The van der Waals surface area contributed by atoms with Gasteiger partial charge in [-0.2, -0.15) is 0 Å². The van der Waals surface area contributed by atoms with Gasteiger partial charge in [0.1, 0.15) is 5.82 Å². The minimum Gasteiger partial charge on any atom is -0.306 e. The largest absolute Gasteiger partial charge is 0.306 e. The van der Waals surface area contributed by atoms with Crippen molar-refractivity contribution < 1.29 is 4.39 Å². The Morgan fingerprint density at radius 1 is 1.37 bits per heavy atom. The lowest BCUT2D eigenvalue weighted by Gasteiger charge is -2.23. The van der Waals surface area contributed by atoms with Crippen LogP contribution in [0, 0.1) is 5.82 Å². The maximum absolute atomic E-state index is 13.6. The Balaban J connectivity index is 1.73. The Hall–Kier alpha value is -0.710. The fourth-order valence-corrected chi connectivity index (χ4v) is 4.43. The third kappa shape index (κ3) is 2.91. The van der Waals surface area contributed by atoms with Crippen molar-refractivity contribution >= 4 is 27.3 Å². The predicted molar refractivity (Wildman–Crippen MR) is 80.9 cm³/mol. The van der Waals surface area contributed by atoms with E-state index in [9.17, 15) is 4.39 Å². The molecule has 19 heavy (non-hydrogen) atoms. The van der Waals surface area contributed by atoms with Gasteiger partial charge < -0.3 is 5.32 Å². The van der Waals surface area contributed by atoms with Gasteiger partial charge in [0.15, 0.2) is 0 Å². The number of rotatable bonds is 3. The molecule has 0 spiro atoms. The number of hydrogen-bond acceptors (Lipinski definition) is 2. The number of benzene rings is 1. The Morgan fingerprint density at radius 3 is 3.05 bits per heavy atom. The molecule has 0 radical (unpaired) electrons. The van der Waals surface area contributed by atoms with E-state index < -0.39 is 0 Å². The van der Waals surface area contributed by atoms with Gasteiger partial charge in [0.25, 0.3) is 0 Å². The molecule has 3 rings (SSSR count). The summed E-state index contributed by atoms with van der Waals surface area (Å²) >= 11 is 5.38. The van der Waals surface area contributed by atoms with Crippen LogP contribution in [0.2, 0.25) is 0 Å². The average molecular weight is 340 g/mol. The van der Waals surface area contributed by atoms with Crippen LogP contribution in [-0.4, -0.2) is 0 Å². The van der Waals surface area contributed by atoms with Gasteiger partial charge in [0.2, 0.25) is 0 Å². The third-order valence-corrected chi connectivity index (χ3v) is 5.29. The number of hydrogen-bond donors (Lipinski definition) is 1. The molecular formula is C15H15BrFNS. The van der Waals surface area contributed by atoms with Crippen molar-refractivity contribution in [1.82, 2.24) is 5.32 Å².